The minimum absolute atomic E-state index is 0.0577. The Morgan fingerprint density at radius 1 is 0.926 bits per heavy atom. The van der Waals surface area contributed by atoms with Gasteiger partial charge in [-0.2, -0.15) is 0 Å². The minimum atomic E-state index is -3.74. The van der Waals surface area contributed by atoms with Crippen molar-refractivity contribution in [2.24, 2.45) is 0 Å². The van der Waals surface area contributed by atoms with Crippen molar-refractivity contribution in [2.75, 3.05) is 10.8 Å². The molecular formula is C21H19NO4S. The standard InChI is InChI=1S/C21H19NO4S/c1-16-11-13-18(14-12-16)27(23,24)22-15-21(25-17-7-3-2-4-8-17)26-20-10-6-5-9-19(20)22/h2-14,21H,15H2,1H3. The summed E-state index contributed by atoms with van der Waals surface area (Å²) in [6.07, 6.45) is -0.748. The SMILES string of the molecule is Cc1ccc(S(=O)(=O)N2CC(Oc3ccccc3)Oc3ccccc32)cc1. The molecule has 4 rings (SSSR count). The fourth-order valence-corrected chi connectivity index (χ4v) is 4.41. The van der Waals surface area contributed by atoms with Crippen LogP contribution in [0.1, 0.15) is 5.56 Å². The van der Waals surface area contributed by atoms with E-state index in [1.54, 1.807) is 48.5 Å². The number of benzene rings is 3. The van der Waals surface area contributed by atoms with Gasteiger partial charge in [-0.1, -0.05) is 48.0 Å². The van der Waals surface area contributed by atoms with Gasteiger partial charge < -0.3 is 9.47 Å². The molecule has 1 unspecified atom stereocenters. The number of hydrogen-bond donors (Lipinski definition) is 0. The predicted molar refractivity (Wildman–Crippen MR) is 104 cm³/mol. The van der Waals surface area contributed by atoms with Crippen molar-refractivity contribution in [3.63, 3.8) is 0 Å². The van der Waals surface area contributed by atoms with Crippen molar-refractivity contribution < 1.29 is 17.9 Å². The molecule has 0 aliphatic carbocycles. The van der Waals surface area contributed by atoms with Crippen LogP contribution in [0.5, 0.6) is 11.5 Å². The molecule has 5 nitrogen and oxygen atoms in total. The molecule has 1 aliphatic rings. The van der Waals surface area contributed by atoms with Crippen molar-refractivity contribution in [1.29, 1.82) is 0 Å². The zero-order chi connectivity index (χ0) is 18.9. The van der Waals surface area contributed by atoms with E-state index in [2.05, 4.69) is 0 Å². The Labute approximate surface area is 158 Å². The average Bonchev–Trinajstić information content (AvgIpc) is 2.68. The highest BCUT2D eigenvalue weighted by molar-refractivity contribution is 7.92. The van der Waals surface area contributed by atoms with Crippen molar-refractivity contribution in [3.05, 3.63) is 84.4 Å². The molecule has 1 atom stereocenters. The molecule has 0 saturated carbocycles. The van der Waals surface area contributed by atoms with E-state index in [4.69, 9.17) is 9.47 Å². The summed E-state index contributed by atoms with van der Waals surface area (Å²) < 4.78 is 39.7. The molecule has 0 amide bonds. The third-order valence-corrected chi connectivity index (χ3v) is 6.12. The van der Waals surface area contributed by atoms with Gasteiger partial charge in [0.2, 0.25) is 0 Å². The third kappa shape index (κ3) is 3.48. The number of anilines is 1. The van der Waals surface area contributed by atoms with Crippen molar-refractivity contribution in [3.8, 4) is 11.5 Å². The maximum Gasteiger partial charge on any atom is 0.264 e. The van der Waals surface area contributed by atoms with Crippen LogP contribution in [0.15, 0.2) is 83.8 Å². The molecule has 0 aromatic heterocycles. The summed E-state index contributed by atoms with van der Waals surface area (Å²) >= 11 is 0. The summed E-state index contributed by atoms with van der Waals surface area (Å²) in [6.45, 7) is 1.98. The molecule has 138 valence electrons. The summed E-state index contributed by atoms with van der Waals surface area (Å²) in [7, 11) is -3.74. The van der Waals surface area contributed by atoms with Crippen molar-refractivity contribution >= 4 is 15.7 Å². The zero-order valence-corrected chi connectivity index (χ0v) is 15.6. The highest BCUT2D eigenvalue weighted by atomic mass is 32.2. The molecular weight excluding hydrogens is 362 g/mol. The van der Waals surface area contributed by atoms with Gasteiger partial charge in [0.25, 0.3) is 16.3 Å². The molecule has 3 aromatic rings. The van der Waals surface area contributed by atoms with E-state index in [1.807, 2.05) is 37.3 Å². The van der Waals surface area contributed by atoms with Crippen LogP contribution in [0.4, 0.5) is 5.69 Å². The third-order valence-electron chi connectivity index (χ3n) is 4.33. The Morgan fingerprint density at radius 2 is 1.59 bits per heavy atom. The lowest BCUT2D eigenvalue weighted by atomic mass is 10.2. The fourth-order valence-electron chi connectivity index (χ4n) is 2.95. The first-order valence-corrected chi connectivity index (χ1v) is 10.0. The summed E-state index contributed by atoms with van der Waals surface area (Å²) in [5, 5.41) is 0. The van der Waals surface area contributed by atoms with Crippen LogP contribution in [-0.4, -0.2) is 21.3 Å². The summed E-state index contributed by atoms with van der Waals surface area (Å²) in [4.78, 5) is 0.239. The lowest BCUT2D eigenvalue weighted by molar-refractivity contribution is 0.00893. The number of fused-ring (bicyclic) bond motifs is 1. The second-order valence-electron chi connectivity index (χ2n) is 6.30. The summed E-state index contributed by atoms with van der Waals surface area (Å²) in [5.74, 6) is 1.09. The van der Waals surface area contributed by atoms with Gasteiger partial charge in [-0.05, 0) is 43.3 Å². The number of rotatable bonds is 4. The van der Waals surface area contributed by atoms with E-state index in [0.29, 0.717) is 17.2 Å². The van der Waals surface area contributed by atoms with Crippen LogP contribution >= 0.6 is 0 Å². The van der Waals surface area contributed by atoms with E-state index < -0.39 is 16.3 Å². The van der Waals surface area contributed by atoms with Gasteiger partial charge in [0, 0.05) is 0 Å². The number of sulfonamides is 1. The van der Waals surface area contributed by atoms with Gasteiger partial charge >= 0.3 is 0 Å². The van der Waals surface area contributed by atoms with Crippen LogP contribution < -0.4 is 13.8 Å². The lowest BCUT2D eigenvalue weighted by Crippen LogP contribution is -2.46. The molecule has 27 heavy (non-hydrogen) atoms. The lowest BCUT2D eigenvalue weighted by Gasteiger charge is -2.35. The van der Waals surface area contributed by atoms with Crippen LogP contribution in [0, 0.1) is 6.92 Å². The largest absolute Gasteiger partial charge is 0.453 e. The maximum atomic E-state index is 13.3. The quantitative estimate of drug-likeness (QED) is 0.686. The minimum Gasteiger partial charge on any atom is -0.453 e. The first-order valence-electron chi connectivity index (χ1n) is 8.61. The van der Waals surface area contributed by atoms with Crippen LogP contribution in [0.2, 0.25) is 0 Å². The predicted octanol–water partition coefficient (Wildman–Crippen LogP) is 3.99. The van der Waals surface area contributed by atoms with Gasteiger partial charge in [-0.25, -0.2) is 8.42 Å². The molecule has 0 radical (unpaired) electrons. The van der Waals surface area contributed by atoms with Crippen molar-refractivity contribution in [1.82, 2.24) is 0 Å². The number of ether oxygens (including phenoxy) is 2. The number of aryl methyl sites for hydroxylation is 1. The molecule has 0 bridgehead atoms. The Balaban J connectivity index is 1.71. The monoisotopic (exact) mass is 381 g/mol. The van der Waals surface area contributed by atoms with E-state index in [1.165, 1.54) is 4.31 Å². The van der Waals surface area contributed by atoms with Gasteiger partial charge in [-0.15, -0.1) is 0 Å². The molecule has 6 heteroatoms. The van der Waals surface area contributed by atoms with Crippen LogP contribution in [0.25, 0.3) is 0 Å². The Hall–Kier alpha value is -2.99. The molecule has 0 saturated heterocycles. The molecule has 0 fully saturated rings. The second kappa shape index (κ2) is 6.96. The van der Waals surface area contributed by atoms with Crippen molar-refractivity contribution in [2.45, 2.75) is 18.1 Å². The molecule has 3 aromatic carbocycles. The van der Waals surface area contributed by atoms with Gasteiger partial charge in [0.1, 0.15) is 18.0 Å². The van der Waals surface area contributed by atoms with E-state index in [9.17, 15) is 8.42 Å². The van der Waals surface area contributed by atoms with Crippen LogP contribution in [-0.2, 0) is 10.0 Å². The smallest absolute Gasteiger partial charge is 0.264 e. The first kappa shape index (κ1) is 17.4. The van der Waals surface area contributed by atoms with E-state index in [0.717, 1.165) is 5.56 Å². The fraction of sp³-hybridized carbons (Fsp3) is 0.143. The number of nitrogens with zero attached hydrogens (tertiary/aromatic N) is 1. The van der Waals surface area contributed by atoms with Crippen LogP contribution in [0.3, 0.4) is 0 Å². The number of para-hydroxylation sites is 3. The van der Waals surface area contributed by atoms with Gasteiger partial charge in [0.15, 0.2) is 0 Å². The normalized spacial score (nSPS) is 16.3. The summed E-state index contributed by atoms with van der Waals surface area (Å²) in [5.41, 5.74) is 1.51. The Kier molecular flexibility index (Phi) is 4.49. The Bertz CT molecular complexity index is 1030. The van der Waals surface area contributed by atoms with E-state index in [-0.39, 0.29) is 11.4 Å². The van der Waals surface area contributed by atoms with E-state index >= 15 is 0 Å². The average molecular weight is 381 g/mol. The number of hydrogen-bond acceptors (Lipinski definition) is 4. The maximum absolute atomic E-state index is 13.3. The molecule has 1 heterocycles. The first-order chi connectivity index (χ1) is 13.0. The molecule has 0 spiro atoms. The molecule has 0 N–H and O–H groups in total. The second-order valence-corrected chi connectivity index (χ2v) is 8.16. The highest BCUT2D eigenvalue weighted by Gasteiger charge is 2.35. The topological polar surface area (TPSA) is 55.8 Å². The Morgan fingerprint density at radius 3 is 2.33 bits per heavy atom. The summed E-state index contributed by atoms with van der Waals surface area (Å²) in [6, 6.07) is 23.1. The van der Waals surface area contributed by atoms with Gasteiger partial charge in [-0.3, -0.25) is 4.31 Å². The highest BCUT2D eigenvalue weighted by Crippen LogP contribution is 2.37. The van der Waals surface area contributed by atoms with Gasteiger partial charge in [0.05, 0.1) is 10.6 Å². The molecule has 1 aliphatic heterocycles. The zero-order valence-electron chi connectivity index (χ0n) is 14.8.